The molecule has 0 heterocycles. The average molecular weight is 412 g/mol. The van der Waals surface area contributed by atoms with Crippen LogP contribution in [0.2, 0.25) is 0 Å². The summed E-state index contributed by atoms with van der Waals surface area (Å²) in [6.45, 7) is 11.3. The van der Waals surface area contributed by atoms with Crippen LogP contribution < -0.4 is 4.74 Å². The van der Waals surface area contributed by atoms with Crippen molar-refractivity contribution in [1.29, 1.82) is 0 Å². The summed E-state index contributed by atoms with van der Waals surface area (Å²) in [5.41, 5.74) is 1.61. The number of benzene rings is 2. The molecule has 30 heavy (non-hydrogen) atoms. The number of carbonyl (C=O) groups is 1. The zero-order valence-corrected chi connectivity index (χ0v) is 19.0. The highest BCUT2D eigenvalue weighted by atomic mass is 16.5. The summed E-state index contributed by atoms with van der Waals surface area (Å²) in [5, 5.41) is 11.3. The molecular formula is C26H37NO3. The van der Waals surface area contributed by atoms with Gasteiger partial charge in [0, 0.05) is 13.1 Å². The summed E-state index contributed by atoms with van der Waals surface area (Å²) in [7, 11) is 0. The predicted octanol–water partition coefficient (Wildman–Crippen LogP) is 6.12. The van der Waals surface area contributed by atoms with E-state index < -0.39 is 5.97 Å². The molecule has 4 nitrogen and oxygen atoms in total. The van der Waals surface area contributed by atoms with Gasteiger partial charge in [-0.25, -0.2) is 0 Å². The lowest BCUT2D eigenvalue weighted by Crippen LogP contribution is -2.30. The molecule has 1 aliphatic carbocycles. The number of nitrogens with zero attached hydrogens (tertiary/aromatic N) is 1. The van der Waals surface area contributed by atoms with E-state index in [0.29, 0.717) is 18.1 Å². The number of hydrogen-bond donors (Lipinski definition) is 1. The Morgan fingerprint density at radius 2 is 1.73 bits per heavy atom. The summed E-state index contributed by atoms with van der Waals surface area (Å²) < 4.78 is 6.33. The van der Waals surface area contributed by atoms with E-state index in [0.717, 1.165) is 37.6 Å². The smallest absolute Gasteiger partial charge is 0.304 e. The Kier molecular flexibility index (Phi) is 7.41. The number of hydrogen-bond acceptors (Lipinski definition) is 3. The van der Waals surface area contributed by atoms with Crippen molar-refractivity contribution in [3.05, 3.63) is 42.0 Å². The summed E-state index contributed by atoms with van der Waals surface area (Å²) >= 11 is 0. The fourth-order valence-electron chi connectivity index (χ4n) is 4.55. The van der Waals surface area contributed by atoms with Gasteiger partial charge >= 0.3 is 5.97 Å². The maximum atomic E-state index is 10.8. The molecule has 0 radical (unpaired) electrons. The Labute approximate surface area is 181 Å². The number of aliphatic carboxylic acids is 1. The summed E-state index contributed by atoms with van der Waals surface area (Å²) in [6.07, 6.45) is 5.29. The lowest BCUT2D eigenvalue weighted by Gasteiger charge is -2.37. The third-order valence-corrected chi connectivity index (χ3v) is 6.57. The van der Waals surface area contributed by atoms with Gasteiger partial charge in [0.05, 0.1) is 12.5 Å². The Hall–Kier alpha value is -2.07. The SMILES string of the molecule is CCN(CCC(=O)O)Cc1ccc2cc(O[C@H]3CC[C@H](C(C)(C)C)CC3)ccc2c1. The maximum Gasteiger partial charge on any atom is 0.304 e. The van der Waals surface area contributed by atoms with E-state index in [2.05, 4.69) is 69.0 Å². The van der Waals surface area contributed by atoms with E-state index in [4.69, 9.17) is 9.84 Å². The molecule has 2 aromatic rings. The fraction of sp³-hybridized carbons (Fsp3) is 0.577. The molecule has 0 aromatic heterocycles. The first-order valence-corrected chi connectivity index (χ1v) is 11.4. The van der Waals surface area contributed by atoms with Gasteiger partial charge < -0.3 is 9.84 Å². The molecule has 0 saturated heterocycles. The Bertz CT molecular complexity index is 847. The molecule has 0 spiro atoms. The average Bonchev–Trinajstić information content (AvgIpc) is 2.70. The fourth-order valence-corrected chi connectivity index (χ4v) is 4.55. The van der Waals surface area contributed by atoms with Gasteiger partial charge in [-0.15, -0.1) is 0 Å². The zero-order chi connectivity index (χ0) is 21.7. The van der Waals surface area contributed by atoms with Crippen LogP contribution in [0.25, 0.3) is 10.8 Å². The first-order chi connectivity index (χ1) is 14.2. The highest BCUT2D eigenvalue weighted by Gasteiger charge is 2.30. The summed E-state index contributed by atoms with van der Waals surface area (Å²) in [6, 6.07) is 12.9. The molecule has 1 aliphatic rings. The molecule has 0 amide bonds. The standard InChI is InChI=1S/C26H37NO3/c1-5-27(15-14-25(28)29)18-19-6-7-21-17-24(11-8-20(21)16-19)30-23-12-9-22(10-13-23)26(2,3)4/h6-8,11,16-17,22-23H,5,9-10,12-15,18H2,1-4H3,(H,28,29)/t22-,23-. The van der Waals surface area contributed by atoms with Gasteiger partial charge in [0.2, 0.25) is 0 Å². The van der Waals surface area contributed by atoms with Crippen LogP contribution in [0.3, 0.4) is 0 Å². The quantitative estimate of drug-likeness (QED) is 0.568. The molecule has 0 aliphatic heterocycles. The van der Waals surface area contributed by atoms with Gasteiger partial charge in [-0.05, 0) is 78.1 Å². The van der Waals surface area contributed by atoms with Crippen LogP contribution in [-0.4, -0.2) is 35.2 Å². The molecule has 0 bridgehead atoms. The lowest BCUT2D eigenvalue weighted by atomic mass is 9.72. The molecule has 0 atom stereocenters. The van der Waals surface area contributed by atoms with Gasteiger partial charge in [0.25, 0.3) is 0 Å². The summed E-state index contributed by atoms with van der Waals surface area (Å²) in [5.74, 6) is 1.02. The van der Waals surface area contributed by atoms with E-state index in [9.17, 15) is 4.79 Å². The highest BCUT2D eigenvalue weighted by molar-refractivity contribution is 5.84. The minimum absolute atomic E-state index is 0.180. The summed E-state index contributed by atoms with van der Waals surface area (Å²) in [4.78, 5) is 13.0. The second-order valence-electron chi connectivity index (χ2n) is 9.81. The third kappa shape index (κ3) is 6.21. The Morgan fingerprint density at radius 3 is 2.37 bits per heavy atom. The van der Waals surface area contributed by atoms with Gasteiger partial charge in [0.1, 0.15) is 5.75 Å². The molecule has 1 saturated carbocycles. The normalized spacial score (nSPS) is 19.9. The van der Waals surface area contributed by atoms with Gasteiger partial charge in [-0.1, -0.05) is 45.9 Å². The second kappa shape index (κ2) is 9.82. The van der Waals surface area contributed by atoms with Crippen LogP contribution in [0, 0.1) is 11.3 Å². The molecule has 164 valence electrons. The minimum Gasteiger partial charge on any atom is -0.490 e. The van der Waals surface area contributed by atoms with Gasteiger partial charge in [0.15, 0.2) is 0 Å². The van der Waals surface area contributed by atoms with E-state index in [1.807, 2.05) is 0 Å². The topological polar surface area (TPSA) is 49.8 Å². The minimum atomic E-state index is -0.744. The predicted molar refractivity (Wildman–Crippen MR) is 123 cm³/mol. The van der Waals surface area contributed by atoms with Crippen molar-refractivity contribution < 1.29 is 14.6 Å². The number of carboxylic acids is 1. The van der Waals surface area contributed by atoms with Crippen LogP contribution >= 0.6 is 0 Å². The number of rotatable bonds is 8. The van der Waals surface area contributed by atoms with E-state index in [1.54, 1.807) is 0 Å². The second-order valence-corrected chi connectivity index (χ2v) is 9.81. The van der Waals surface area contributed by atoms with E-state index in [-0.39, 0.29) is 6.42 Å². The van der Waals surface area contributed by atoms with Gasteiger partial charge in [-0.2, -0.15) is 0 Å². The maximum absolute atomic E-state index is 10.8. The zero-order valence-electron chi connectivity index (χ0n) is 19.0. The monoisotopic (exact) mass is 411 g/mol. The highest BCUT2D eigenvalue weighted by Crippen LogP contribution is 2.39. The van der Waals surface area contributed by atoms with Crippen molar-refractivity contribution in [1.82, 2.24) is 4.90 Å². The van der Waals surface area contributed by atoms with Crippen LogP contribution in [0.15, 0.2) is 36.4 Å². The number of fused-ring (bicyclic) bond motifs is 1. The Balaban J connectivity index is 1.60. The third-order valence-electron chi connectivity index (χ3n) is 6.57. The van der Waals surface area contributed by atoms with Crippen LogP contribution in [0.5, 0.6) is 5.75 Å². The molecule has 1 fully saturated rings. The van der Waals surface area contributed by atoms with Crippen LogP contribution in [-0.2, 0) is 11.3 Å². The molecule has 3 rings (SSSR count). The molecule has 0 unspecified atom stereocenters. The number of ether oxygens (including phenoxy) is 1. The molecule has 2 aromatic carbocycles. The van der Waals surface area contributed by atoms with Crippen molar-refractivity contribution in [2.75, 3.05) is 13.1 Å². The molecular weight excluding hydrogens is 374 g/mol. The van der Waals surface area contributed by atoms with Crippen molar-refractivity contribution in [3.8, 4) is 5.75 Å². The van der Waals surface area contributed by atoms with Crippen LogP contribution in [0.1, 0.15) is 65.4 Å². The first-order valence-electron chi connectivity index (χ1n) is 11.4. The van der Waals surface area contributed by atoms with Crippen molar-refractivity contribution in [2.45, 2.75) is 72.4 Å². The van der Waals surface area contributed by atoms with Crippen molar-refractivity contribution in [3.63, 3.8) is 0 Å². The van der Waals surface area contributed by atoms with E-state index in [1.165, 1.54) is 29.2 Å². The first kappa shape index (κ1) is 22.6. The molecule has 1 N–H and O–H groups in total. The van der Waals surface area contributed by atoms with E-state index >= 15 is 0 Å². The number of carboxylic acid groups (broad SMARTS) is 1. The lowest BCUT2D eigenvalue weighted by molar-refractivity contribution is -0.137. The van der Waals surface area contributed by atoms with Crippen molar-refractivity contribution >= 4 is 16.7 Å². The van der Waals surface area contributed by atoms with Crippen LogP contribution in [0.4, 0.5) is 0 Å². The van der Waals surface area contributed by atoms with Crippen molar-refractivity contribution in [2.24, 2.45) is 11.3 Å². The largest absolute Gasteiger partial charge is 0.490 e. The Morgan fingerprint density at radius 1 is 1.07 bits per heavy atom. The molecule has 4 heteroatoms. The van der Waals surface area contributed by atoms with Gasteiger partial charge in [-0.3, -0.25) is 9.69 Å².